The Bertz CT molecular complexity index is 373. The van der Waals surface area contributed by atoms with Crippen LogP contribution in [0, 0.1) is 0 Å². The minimum atomic E-state index is 0.181. The third-order valence-electron chi connectivity index (χ3n) is 3.83. The largest absolute Gasteiger partial charge is 0.323 e. The summed E-state index contributed by atoms with van der Waals surface area (Å²) in [6, 6.07) is 9.85. The van der Waals surface area contributed by atoms with E-state index >= 15 is 0 Å². The molecule has 0 saturated heterocycles. The summed E-state index contributed by atoms with van der Waals surface area (Å²) in [6.07, 6.45) is 2.30. The summed E-state index contributed by atoms with van der Waals surface area (Å²) in [7, 11) is 0. The maximum atomic E-state index is 6.42. The van der Waals surface area contributed by atoms with Crippen LogP contribution < -0.4 is 5.73 Å². The summed E-state index contributed by atoms with van der Waals surface area (Å²) in [4.78, 5) is 2.56. The van der Waals surface area contributed by atoms with E-state index in [1.807, 2.05) is 0 Å². The van der Waals surface area contributed by atoms with Crippen LogP contribution in [0.1, 0.15) is 44.4 Å². The van der Waals surface area contributed by atoms with Gasteiger partial charge in [0.25, 0.3) is 0 Å². The van der Waals surface area contributed by atoms with Crippen LogP contribution in [0.5, 0.6) is 0 Å². The first-order valence-corrected chi connectivity index (χ1v) is 6.74. The minimum Gasteiger partial charge on any atom is -0.323 e. The lowest BCUT2D eigenvalue weighted by Crippen LogP contribution is -2.45. The van der Waals surface area contributed by atoms with E-state index < -0.39 is 0 Å². The van der Waals surface area contributed by atoms with Gasteiger partial charge in [0.05, 0.1) is 0 Å². The Hall–Kier alpha value is -0.860. The van der Waals surface area contributed by atoms with Crippen molar-refractivity contribution in [3.63, 3.8) is 0 Å². The SMILES string of the molecule is CCCN(C(C)C)C1Cc2ccccc2C1N. The number of nitrogens with two attached hydrogens (primary N) is 1. The summed E-state index contributed by atoms with van der Waals surface area (Å²) >= 11 is 0. The summed E-state index contributed by atoms with van der Waals surface area (Å²) in [6.45, 7) is 7.92. The zero-order valence-electron chi connectivity index (χ0n) is 11.2. The van der Waals surface area contributed by atoms with Gasteiger partial charge in [0, 0.05) is 18.1 Å². The Balaban J connectivity index is 2.20. The second kappa shape index (κ2) is 5.19. The molecule has 0 heterocycles. The molecule has 0 fully saturated rings. The van der Waals surface area contributed by atoms with E-state index in [-0.39, 0.29) is 6.04 Å². The molecule has 1 aliphatic rings. The standard InChI is InChI=1S/C15H24N2/c1-4-9-17(11(2)3)14-10-12-7-5-6-8-13(12)15(14)16/h5-8,11,14-15H,4,9-10,16H2,1-3H3. The maximum Gasteiger partial charge on any atom is 0.0459 e. The second-order valence-electron chi connectivity index (χ2n) is 5.33. The lowest BCUT2D eigenvalue weighted by Gasteiger charge is -2.34. The van der Waals surface area contributed by atoms with E-state index in [1.54, 1.807) is 0 Å². The van der Waals surface area contributed by atoms with Crippen molar-refractivity contribution >= 4 is 0 Å². The maximum absolute atomic E-state index is 6.42. The molecule has 2 rings (SSSR count). The number of nitrogens with zero attached hydrogens (tertiary/aromatic N) is 1. The quantitative estimate of drug-likeness (QED) is 0.865. The van der Waals surface area contributed by atoms with Gasteiger partial charge in [0.2, 0.25) is 0 Å². The molecule has 2 atom stereocenters. The molecule has 2 heteroatoms. The van der Waals surface area contributed by atoms with Gasteiger partial charge in [-0.1, -0.05) is 31.2 Å². The number of hydrogen-bond acceptors (Lipinski definition) is 2. The van der Waals surface area contributed by atoms with Gasteiger partial charge in [0.15, 0.2) is 0 Å². The van der Waals surface area contributed by atoms with Crippen LogP contribution in [-0.2, 0) is 6.42 Å². The van der Waals surface area contributed by atoms with Gasteiger partial charge in [-0.25, -0.2) is 0 Å². The molecule has 1 aliphatic carbocycles. The Morgan fingerprint density at radius 2 is 2.06 bits per heavy atom. The zero-order valence-corrected chi connectivity index (χ0v) is 11.2. The van der Waals surface area contributed by atoms with Crippen molar-refractivity contribution in [2.24, 2.45) is 5.73 Å². The number of rotatable bonds is 4. The van der Waals surface area contributed by atoms with Gasteiger partial charge in [-0.2, -0.15) is 0 Å². The van der Waals surface area contributed by atoms with E-state index in [0.717, 1.165) is 13.0 Å². The number of fused-ring (bicyclic) bond motifs is 1. The summed E-state index contributed by atoms with van der Waals surface area (Å²) in [5.74, 6) is 0. The van der Waals surface area contributed by atoms with Crippen LogP contribution in [-0.4, -0.2) is 23.5 Å². The van der Waals surface area contributed by atoms with Crippen LogP contribution in [0.3, 0.4) is 0 Å². The minimum absolute atomic E-state index is 0.181. The molecule has 0 bridgehead atoms. The van der Waals surface area contributed by atoms with Crippen LogP contribution >= 0.6 is 0 Å². The van der Waals surface area contributed by atoms with Gasteiger partial charge in [-0.05, 0) is 44.4 Å². The highest BCUT2D eigenvalue weighted by atomic mass is 15.2. The highest BCUT2D eigenvalue weighted by molar-refractivity contribution is 5.36. The molecule has 0 amide bonds. The van der Waals surface area contributed by atoms with Crippen molar-refractivity contribution in [3.8, 4) is 0 Å². The van der Waals surface area contributed by atoms with Crippen molar-refractivity contribution < 1.29 is 0 Å². The Morgan fingerprint density at radius 3 is 2.65 bits per heavy atom. The highest BCUT2D eigenvalue weighted by Crippen LogP contribution is 2.33. The van der Waals surface area contributed by atoms with Crippen LogP contribution in [0.2, 0.25) is 0 Å². The molecule has 1 aromatic rings. The molecular formula is C15H24N2. The normalized spacial score (nSPS) is 23.4. The van der Waals surface area contributed by atoms with Gasteiger partial charge in [-0.15, -0.1) is 0 Å². The Kier molecular flexibility index (Phi) is 3.85. The van der Waals surface area contributed by atoms with Crippen LogP contribution in [0.25, 0.3) is 0 Å². The van der Waals surface area contributed by atoms with Gasteiger partial charge < -0.3 is 5.73 Å². The third-order valence-corrected chi connectivity index (χ3v) is 3.83. The molecular weight excluding hydrogens is 208 g/mol. The zero-order chi connectivity index (χ0) is 12.4. The highest BCUT2D eigenvalue weighted by Gasteiger charge is 2.34. The second-order valence-corrected chi connectivity index (χ2v) is 5.33. The fourth-order valence-electron chi connectivity index (χ4n) is 2.99. The molecule has 2 nitrogen and oxygen atoms in total. The lowest BCUT2D eigenvalue weighted by molar-refractivity contribution is 0.140. The molecule has 0 saturated carbocycles. The summed E-state index contributed by atoms with van der Waals surface area (Å²) in [5.41, 5.74) is 9.20. The fourth-order valence-corrected chi connectivity index (χ4v) is 2.99. The van der Waals surface area contributed by atoms with Crippen molar-refractivity contribution in [3.05, 3.63) is 35.4 Å². The molecule has 1 aromatic carbocycles. The number of hydrogen-bond donors (Lipinski definition) is 1. The monoisotopic (exact) mass is 232 g/mol. The fraction of sp³-hybridized carbons (Fsp3) is 0.600. The first-order valence-electron chi connectivity index (χ1n) is 6.74. The van der Waals surface area contributed by atoms with Crippen LogP contribution in [0.4, 0.5) is 0 Å². The van der Waals surface area contributed by atoms with Crippen LogP contribution in [0.15, 0.2) is 24.3 Å². The van der Waals surface area contributed by atoms with E-state index in [2.05, 4.69) is 49.9 Å². The van der Waals surface area contributed by atoms with E-state index in [1.165, 1.54) is 17.5 Å². The average molecular weight is 232 g/mol. The molecule has 0 aromatic heterocycles. The Morgan fingerprint density at radius 1 is 1.35 bits per heavy atom. The summed E-state index contributed by atoms with van der Waals surface area (Å²) < 4.78 is 0. The molecule has 17 heavy (non-hydrogen) atoms. The topological polar surface area (TPSA) is 29.3 Å². The van der Waals surface area contributed by atoms with Gasteiger partial charge in [-0.3, -0.25) is 4.90 Å². The molecule has 0 spiro atoms. The molecule has 0 aliphatic heterocycles. The molecule has 0 radical (unpaired) electrons. The van der Waals surface area contributed by atoms with Crippen molar-refractivity contribution in [2.75, 3.05) is 6.54 Å². The van der Waals surface area contributed by atoms with Gasteiger partial charge in [0.1, 0.15) is 0 Å². The smallest absolute Gasteiger partial charge is 0.0459 e. The molecule has 2 N–H and O–H groups in total. The van der Waals surface area contributed by atoms with Crippen molar-refractivity contribution in [1.82, 2.24) is 4.90 Å². The van der Waals surface area contributed by atoms with Gasteiger partial charge >= 0.3 is 0 Å². The first-order chi connectivity index (χ1) is 8.15. The number of benzene rings is 1. The van der Waals surface area contributed by atoms with Crippen molar-refractivity contribution in [2.45, 2.75) is 51.7 Å². The van der Waals surface area contributed by atoms with E-state index in [0.29, 0.717) is 12.1 Å². The van der Waals surface area contributed by atoms with E-state index in [4.69, 9.17) is 5.73 Å². The predicted octanol–water partition coefficient (Wildman–Crippen LogP) is 2.73. The molecule has 2 unspecified atom stereocenters. The van der Waals surface area contributed by atoms with Crippen molar-refractivity contribution in [1.29, 1.82) is 0 Å². The Labute approximate surface area is 105 Å². The average Bonchev–Trinajstić information content (AvgIpc) is 2.64. The third kappa shape index (κ3) is 2.38. The molecule has 94 valence electrons. The van der Waals surface area contributed by atoms with E-state index in [9.17, 15) is 0 Å². The predicted molar refractivity (Wildman–Crippen MR) is 73.0 cm³/mol. The lowest BCUT2D eigenvalue weighted by atomic mass is 10.1. The first kappa shape index (κ1) is 12.6. The summed E-state index contributed by atoms with van der Waals surface area (Å²) in [5, 5.41) is 0.